The summed E-state index contributed by atoms with van der Waals surface area (Å²) in [4.78, 5) is 13.4. The number of carbonyl (C=O) groups excluding carboxylic acids is 1. The first-order chi connectivity index (χ1) is 9.82. The lowest BCUT2D eigenvalue weighted by atomic mass is 10.1. The Bertz CT molecular complexity index is 642. The van der Waals surface area contributed by atoms with Crippen LogP contribution in [0.1, 0.15) is 18.1 Å². The predicted molar refractivity (Wildman–Crippen MR) is 81.0 cm³/mol. The molecule has 7 heteroatoms. The van der Waals surface area contributed by atoms with Crippen LogP contribution in [-0.4, -0.2) is 39.5 Å². The number of aryl methyl sites for hydroxylation is 2. The molecule has 0 spiro atoms. The molecule has 1 N–H and O–H groups in total. The molecule has 0 saturated carbocycles. The number of ether oxygens (including phenoxy) is 1. The molecular weight excluding hydrogens is 292 g/mol. The normalized spacial score (nSPS) is 18.9. The quantitative estimate of drug-likeness (QED) is 0.895. The number of nitrogens with one attached hydrogen (secondary N) is 1. The van der Waals surface area contributed by atoms with Crippen molar-refractivity contribution >= 4 is 21.8 Å². The summed E-state index contributed by atoms with van der Waals surface area (Å²) < 4.78 is 30.4. The Morgan fingerprint density at radius 1 is 1.33 bits per heavy atom. The third kappa shape index (κ3) is 3.74. The lowest BCUT2D eigenvalue weighted by molar-refractivity contribution is 0.143. The summed E-state index contributed by atoms with van der Waals surface area (Å²) in [5.41, 5.74) is 3.01. The largest absolute Gasteiger partial charge is 0.443 e. The van der Waals surface area contributed by atoms with Crippen LogP contribution >= 0.6 is 0 Å². The maximum absolute atomic E-state index is 11.9. The van der Waals surface area contributed by atoms with Crippen LogP contribution in [0.3, 0.4) is 0 Å². The molecule has 1 aromatic carbocycles. The van der Waals surface area contributed by atoms with Gasteiger partial charge in [-0.05, 0) is 44.0 Å². The van der Waals surface area contributed by atoms with E-state index in [1.54, 1.807) is 6.92 Å². The van der Waals surface area contributed by atoms with Gasteiger partial charge in [0.05, 0.1) is 12.3 Å². The number of hydrogen-bond acceptors (Lipinski definition) is 4. The summed E-state index contributed by atoms with van der Waals surface area (Å²) in [6, 6.07) is 5.74. The second-order valence-electron chi connectivity index (χ2n) is 5.14. The molecule has 1 aromatic rings. The van der Waals surface area contributed by atoms with E-state index in [2.05, 4.69) is 4.72 Å². The van der Waals surface area contributed by atoms with Crippen molar-refractivity contribution in [1.82, 2.24) is 4.72 Å². The van der Waals surface area contributed by atoms with Crippen molar-refractivity contribution in [2.45, 2.75) is 26.9 Å². The van der Waals surface area contributed by atoms with Crippen LogP contribution in [0.2, 0.25) is 0 Å². The second-order valence-corrected chi connectivity index (χ2v) is 7.23. The van der Waals surface area contributed by atoms with Gasteiger partial charge < -0.3 is 4.74 Å². The van der Waals surface area contributed by atoms with E-state index in [0.717, 1.165) is 16.8 Å². The summed E-state index contributed by atoms with van der Waals surface area (Å²) >= 11 is 0. The molecule has 6 nitrogen and oxygen atoms in total. The van der Waals surface area contributed by atoms with E-state index in [1.165, 1.54) is 4.90 Å². The van der Waals surface area contributed by atoms with Gasteiger partial charge in [0, 0.05) is 12.2 Å². The molecule has 1 unspecified atom stereocenters. The lowest BCUT2D eigenvalue weighted by Crippen LogP contribution is -2.35. The summed E-state index contributed by atoms with van der Waals surface area (Å²) in [7, 11) is -3.28. The molecule has 0 radical (unpaired) electrons. The highest BCUT2D eigenvalue weighted by molar-refractivity contribution is 7.89. The van der Waals surface area contributed by atoms with Crippen LogP contribution < -0.4 is 9.62 Å². The Labute approximate surface area is 125 Å². The molecule has 1 aliphatic heterocycles. The fourth-order valence-electron chi connectivity index (χ4n) is 2.05. The van der Waals surface area contributed by atoms with Gasteiger partial charge in [-0.1, -0.05) is 6.07 Å². The summed E-state index contributed by atoms with van der Waals surface area (Å²) in [5, 5.41) is 0. The Balaban J connectivity index is 2.04. The minimum atomic E-state index is -3.28. The molecule has 2 rings (SSSR count). The van der Waals surface area contributed by atoms with Crippen LogP contribution in [0.4, 0.5) is 10.5 Å². The number of amides is 1. The molecule has 1 fully saturated rings. The van der Waals surface area contributed by atoms with E-state index in [4.69, 9.17) is 4.74 Å². The van der Waals surface area contributed by atoms with Gasteiger partial charge in [-0.3, -0.25) is 4.90 Å². The van der Waals surface area contributed by atoms with E-state index in [-0.39, 0.29) is 12.3 Å². The van der Waals surface area contributed by atoms with Crippen LogP contribution in [0.15, 0.2) is 18.2 Å². The summed E-state index contributed by atoms with van der Waals surface area (Å²) in [6.07, 6.45) is -0.917. The number of sulfonamides is 1. The Morgan fingerprint density at radius 2 is 2.05 bits per heavy atom. The van der Waals surface area contributed by atoms with E-state index < -0.39 is 22.2 Å². The fraction of sp³-hybridized carbons (Fsp3) is 0.500. The molecular formula is C14H20N2O4S. The fourth-order valence-corrected chi connectivity index (χ4v) is 2.70. The number of benzene rings is 1. The van der Waals surface area contributed by atoms with Crippen molar-refractivity contribution in [3.05, 3.63) is 29.3 Å². The van der Waals surface area contributed by atoms with Gasteiger partial charge in [0.25, 0.3) is 0 Å². The Morgan fingerprint density at radius 3 is 2.67 bits per heavy atom. The second kappa shape index (κ2) is 6.03. The van der Waals surface area contributed by atoms with Crippen molar-refractivity contribution in [3.63, 3.8) is 0 Å². The first-order valence-electron chi connectivity index (χ1n) is 6.85. The van der Waals surface area contributed by atoms with Crippen molar-refractivity contribution in [3.8, 4) is 0 Å². The molecule has 1 amide bonds. The SMILES string of the molecule is CCS(=O)(=O)NCC1CN(c2ccc(C)c(C)c2)C(=O)O1. The zero-order chi connectivity index (χ0) is 15.6. The first-order valence-corrected chi connectivity index (χ1v) is 8.50. The van der Waals surface area contributed by atoms with E-state index in [0.29, 0.717) is 6.54 Å². The molecule has 1 atom stereocenters. The van der Waals surface area contributed by atoms with Gasteiger partial charge in [0.2, 0.25) is 10.0 Å². The monoisotopic (exact) mass is 312 g/mol. The minimum Gasteiger partial charge on any atom is -0.443 e. The molecule has 0 aromatic heterocycles. The number of nitrogens with zero attached hydrogens (tertiary/aromatic N) is 1. The van der Waals surface area contributed by atoms with E-state index in [1.807, 2.05) is 32.0 Å². The molecule has 1 heterocycles. The van der Waals surface area contributed by atoms with Gasteiger partial charge >= 0.3 is 6.09 Å². The van der Waals surface area contributed by atoms with Crippen molar-refractivity contribution in [1.29, 1.82) is 0 Å². The van der Waals surface area contributed by atoms with Gasteiger partial charge in [-0.25, -0.2) is 17.9 Å². The van der Waals surface area contributed by atoms with Crippen LogP contribution in [0.25, 0.3) is 0 Å². The molecule has 1 saturated heterocycles. The topological polar surface area (TPSA) is 75.7 Å². The Hall–Kier alpha value is -1.60. The first kappa shape index (κ1) is 15.8. The Kier molecular flexibility index (Phi) is 4.53. The van der Waals surface area contributed by atoms with Crippen LogP contribution in [0, 0.1) is 13.8 Å². The van der Waals surface area contributed by atoms with E-state index in [9.17, 15) is 13.2 Å². The van der Waals surface area contributed by atoms with Gasteiger partial charge in [0.15, 0.2) is 0 Å². The average Bonchev–Trinajstić information content (AvgIpc) is 2.81. The van der Waals surface area contributed by atoms with Crippen molar-refractivity contribution < 1.29 is 17.9 Å². The standard InChI is InChI=1S/C14H20N2O4S/c1-4-21(18,19)15-8-13-9-16(14(17)20-13)12-6-5-10(2)11(3)7-12/h5-7,13,15H,4,8-9H2,1-3H3. The number of cyclic esters (lactones) is 1. The average molecular weight is 312 g/mol. The highest BCUT2D eigenvalue weighted by atomic mass is 32.2. The summed E-state index contributed by atoms with van der Waals surface area (Å²) in [5.74, 6) is 0.00847. The zero-order valence-corrected chi connectivity index (χ0v) is 13.2. The minimum absolute atomic E-state index is 0.00847. The third-order valence-electron chi connectivity index (χ3n) is 3.59. The number of hydrogen-bond donors (Lipinski definition) is 1. The molecule has 21 heavy (non-hydrogen) atoms. The van der Waals surface area contributed by atoms with Crippen molar-refractivity contribution in [2.75, 3.05) is 23.7 Å². The molecule has 0 aliphatic carbocycles. The molecule has 116 valence electrons. The van der Waals surface area contributed by atoms with Gasteiger partial charge in [0.1, 0.15) is 6.10 Å². The van der Waals surface area contributed by atoms with E-state index >= 15 is 0 Å². The third-order valence-corrected chi connectivity index (χ3v) is 4.95. The molecule has 1 aliphatic rings. The number of carbonyl (C=O) groups is 1. The van der Waals surface area contributed by atoms with Gasteiger partial charge in [-0.2, -0.15) is 0 Å². The maximum Gasteiger partial charge on any atom is 0.414 e. The highest BCUT2D eigenvalue weighted by Gasteiger charge is 2.32. The van der Waals surface area contributed by atoms with Gasteiger partial charge in [-0.15, -0.1) is 0 Å². The number of rotatable bonds is 5. The highest BCUT2D eigenvalue weighted by Crippen LogP contribution is 2.23. The predicted octanol–water partition coefficient (Wildman–Crippen LogP) is 1.57. The van der Waals surface area contributed by atoms with Crippen LogP contribution in [-0.2, 0) is 14.8 Å². The van der Waals surface area contributed by atoms with Crippen LogP contribution in [0.5, 0.6) is 0 Å². The number of anilines is 1. The van der Waals surface area contributed by atoms with Crippen molar-refractivity contribution in [2.24, 2.45) is 0 Å². The molecule has 0 bridgehead atoms. The lowest BCUT2D eigenvalue weighted by Gasteiger charge is -2.14. The smallest absolute Gasteiger partial charge is 0.414 e. The maximum atomic E-state index is 11.9. The summed E-state index contributed by atoms with van der Waals surface area (Å²) in [6.45, 7) is 5.98. The zero-order valence-electron chi connectivity index (χ0n) is 12.4.